The average molecular weight is 196 g/mol. The standard InChI is InChI=1S/C12H20O2/c1-2-3-4-5-8-12(14)9-6-7-11(13)10-12/h6-7,9,13-14H,2-5,8,10H2,1H3. The number of allylic oxidation sites excluding steroid dienone is 2. The van der Waals surface area contributed by atoms with Crippen molar-refractivity contribution in [3.8, 4) is 0 Å². The minimum absolute atomic E-state index is 0.283. The van der Waals surface area contributed by atoms with Gasteiger partial charge >= 0.3 is 0 Å². The Morgan fingerprint density at radius 3 is 2.79 bits per heavy atom. The summed E-state index contributed by atoms with van der Waals surface area (Å²) in [6.07, 6.45) is 10.9. The van der Waals surface area contributed by atoms with E-state index in [4.69, 9.17) is 0 Å². The molecule has 1 unspecified atom stereocenters. The molecule has 2 nitrogen and oxygen atoms in total. The van der Waals surface area contributed by atoms with Crippen LogP contribution in [-0.4, -0.2) is 15.8 Å². The summed E-state index contributed by atoms with van der Waals surface area (Å²) in [4.78, 5) is 0. The van der Waals surface area contributed by atoms with Crippen molar-refractivity contribution in [2.75, 3.05) is 0 Å². The Kier molecular flexibility index (Phi) is 4.21. The number of unbranched alkanes of at least 4 members (excludes halogenated alkanes) is 3. The first kappa shape index (κ1) is 11.3. The molecule has 1 rings (SSSR count). The molecule has 0 saturated carbocycles. The van der Waals surface area contributed by atoms with Gasteiger partial charge in [-0.05, 0) is 12.5 Å². The van der Waals surface area contributed by atoms with E-state index >= 15 is 0 Å². The van der Waals surface area contributed by atoms with Crippen LogP contribution in [0, 0.1) is 0 Å². The molecule has 1 atom stereocenters. The zero-order chi connectivity index (χ0) is 10.4. The highest BCUT2D eigenvalue weighted by molar-refractivity contribution is 5.20. The van der Waals surface area contributed by atoms with Crippen molar-refractivity contribution in [1.82, 2.24) is 0 Å². The SMILES string of the molecule is CCCCCCC1(O)C=CC=C(O)C1. The molecule has 0 fully saturated rings. The molecule has 0 aromatic heterocycles. The number of hydrogen-bond acceptors (Lipinski definition) is 2. The third kappa shape index (κ3) is 3.54. The van der Waals surface area contributed by atoms with E-state index < -0.39 is 5.60 Å². The van der Waals surface area contributed by atoms with E-state index in [9.17, 15) is 10.2 Å². The lowest BCUT2D eigenvalue weighted by Crippen LogP contribution is -2.27. The van der Waals surface area contributed by atoms with Gasteiger partial charge < -0.3 is 10.2 Å². The predicted octanol–water partition coefficient (Wildman–Crippen LogP) is 3.09. The maximum Gasteiger partial charge on any atom is 0.0954 e. The van der Waals surface area contributed by atoms with E-state index in [2.05, 4.69) is 6.92 Å². The van der Waals surface area contributed by atoms with Gasteiger partial charge in [-0.25, -0.2) is 0 Å². The van der Waals surface area contributed by atoms with E-state index in [1.54, 1.807) is 18.2 Å². The second kappa shape index (κ2) is 5.20. The Morgan fingerprint density at radius 2 is 2.14 bits per heavy atom. The van der Waals surface area contributed by atoms with Crippen LogP contribution in [0.1, 0.15) is 45.4 Å². The fourth-order valence-corrected chi connectivity index (χ4v) is 1.80. The maximum absolute atomic E-state index is 10.1. The molecular weight excluding hydrogens is 176 g/mol. The van der Waals surface area contributed by atoms with Gasteiger partial charge in [-0.1, -0.05) is 44.8 Å². The minimum Gasteiger partial charge on any atom is -0.512 e. The summed E-state index contributed by atoms with van der Waals surface area (Å²) >= 11 is 0. The lowest BCUT2D eigenvalue weighted by molar-refractivity contribution is 0.0656. The van der Waals surface area contributed by atoms with Crippen molar-refractivity contribution in [3.05, 3.63) is 24.0 Å². The second-order valence-electron chi connectivity index (χ2n) is 4.11. The Balaban J connectivity index is 2.29. The molecule has 0 aliphatic heterocycles. The molecule has 1 aliphatic rings. The van der Waals surface area contributed by atoms with Crippen molar-refractivity contribution in [2.24, 2.45) is 0 Å². The van der Waals surface area contributed by atoms with Crippen LogP contribution in [0.3, 0.4) is 0 Å². The topological polar surface area (TPSA) is 40.5 Å². The van der Waals surface area contributed by atoms with E-state index in [1.165, 1.54) is 12.8 Å². The summed E-state index contributed by atoms with van der Waals surface area (Å²) in [5, 5.41) is 19.4. The van der Waals surface area contributed by atoms with Crippen molar-refractivity contribution >= 4 is 0 Å². The molecule has 14 heavy (non-hydrogen) atoms. The summed E-state index contributed by atoms with van der Waals surface area (Å²) in [5.41, 5.74) is -0.799. The molecule has 0 bridgehead atoms. The largest absolute Gasteiger partial charge is 0.512 e. The molecule has 0 aromatic rings. The van der Waals surface area contributed by atoms with Gasteiger partial charge in [-0.2, -0.15) is 0 Å². The number of aliphatic hydroxyl groups is 2. The summed E-state index contributed by atoms with van der Waals surface area (Å²) in [5.74, 6) is 0.283. The monoisotopic (exact) mass is 196 g/mol. The first-order valence-electron chi connectivity index (χ1n) is 5.46. The van der Waals surface area contributed by atoms with Crippen LogP contribution in [0.15, 0.2) is 24.0 Å². The van der Waals surface area contributed by atoms with Crippen LogP contribution in [0.5, 0.6) is 0 Å². The molecule has 0 aromatic carbocycles. The molecule has 0 radical (unpaired) electrons. The van der Waals surface area contributed by atoms with Crippen molar-refractivity contribution < 1.29 is 10.2 Å². The van der Waals surface area contributed by atoms with Crippen LogP contribution in [-0.2, 0) is 0 Å². The summed E-state index contributed by atoms with van der Waals surface area (Å²) in [6.45, 7) is 2.17. The van der Waals surface area contributed by atoms with Crippen LogP contribution < -0.4 is 0 Å². The molecule has 0 spiro atoms. The smallest absolute Gasteiger partial charge is 0.0954 e. The van der Waals surface area contributed by atoms with Crippen molar-refractivity contribution in [3.63, 3.8) is 0 Å². The van der Waals surface area contributed by atoms with Gasteiger partial charge in [0.15, 0.2) is 0 Å². The predicted molar refractivity (Wildman–Crippen MR) is 58.2 cm³/mol. The highest BCUT2D eigenvalue weighted by Gasteiger charge is 2.26. The van der Waals surface area contributed by atoms with Crippen molar-refractivity contribution in [1.29, 1.82) is 0 Å². The van der Waals surface area contributed by atoms with Gasteiger partial charge in [0, 0.05) is 6.42 Å². The Bertz CT molecular complexity index is 230. The van der Waals surface area contributed by atoms with Gasteiger partial charge in [0.05, 0.1) is 11.4 Å². The molecule has 2 N–H and O–H groups in total. The number of aliphatic hydroxyl groups excluding tert-OH is 1. The molecule has 0 heterocycles. The Labute approximate surface area is 86.0 Å². The van der Waals surface area contributed by atoms with Gasteiger partial charge in [-0.15, -0.1) is 0 Å². The number of rotatable bonds is 5. The molecule has 0 amide bonds. The van der Waals surface area contributed by atoms with Gasteiger partial charge in [0.1, 0.15) is 0 Å². The first-order chi connectivity index (χ1) is 6.66. The molecular formula is C12H20O2. The second-order valence-corrected chi connectivity index (χ2v) is 4.11. The summed E-state index contributed by atoms with van der Waals surface area (Å²) < 4.78 is 0. The minimum atomic E-state index is -0.799. The van der Waals surface area contributed by atoms with E-state index in [0.717, 1.165) is 19.3 Å². The normalized spacial score (nSPS) is 26.3. The maximum atomic E-state index is 10.1. The highest BCUT2D eigenvalue weighted by Crippen LogP contribution is 2.27. The lowest BCUT2D eigenvalue weighted by Gasteiger charge is -2.26. The van der Waals surface area contributed by atoms with Gasteiger partial charge in [0.2, 0.25) is 0 Å². The van der Waals surface area contributed by atoms with Crippen LogP contribution in [0.4, 0.5) is 0 Å². The lowest BCUT2D eigenvalue weighted by atomic mass is 9.88. The number of hydrogen-bond donors (Lipinski definition) is 2. The summed E-state index contributed by atoms with van der Waals surface area (Å²) in [6, 6.07) is 0. The first-order valence-corrected chi connectivity index (χ1v) is 5.46. The van der Waals surface area contributed by atoms with Crippen LogP contribution >= 0.6 is 0 Å². The zero-order valence-corrected chi connectivity index (χ0v) is 8.87. The third-order valence-corrected chi connectivity index (χ3v) is 2.65. The quantitative estimate of drug-likeness (QED) is 0.663. The fraction of sp³-hybridized carbons (Fsp3) is 0.667. The zero-order valence-electron chi connectivity index (χ0n) is 8.87. The van der Waals surface area contributed by atoms with Crippen molar-refractivity contribution in [2.45, 2.75) is 51.0 Å². The Hall–Kier alpha value is -0.760. The van der Waals surface area contributed by atoms with Crippen LogP contribution in [0.25, 0.3) is 0 Å². The van der Waals surface area contributed by atoms with E-state index in [1.807, 2.05) is 0 Å². The highest BCUT2D eigenvalue weighted by atomic mass is 16.3. The molecule has 2 heteroatoms. The van der Waals surface area contributed by atoms with E-state index in [0.29, 0.717) is 6.42 Å². The molecule has 80 valence electrons. The Morgan fingerprint density at radius 1 is 1.36 bits per heavy atom. The summed E-state index contributed by atoms with van der Waals surface area (Å²) in [7, 11) is 0. The fourth-order valence-electron chi connectivity index (χ4n) is 1.80. The molecule has 0 saturated heterocycles. The van der Waals surface area contributed by atoms with Crippen LogP contribution in [0.2, 0.25) is 0 Å². The average Bonchev–Trinajstić information content (AvgIpc) is 2.12. The molecule has 1 aliphatic carbocycles. The van der Waals surface area contributed by atoms with Gasteiger partial charge in [-0.3, -0.25) is 0 Å². The van der Waals surface area contributed by atoms with E-state index in [-0.39, 0.29) is 5.76 Å². The third-order valence-electron chi connectivity index (χ3n) is 2.65. The van der Waals surface area contributed by atoms with Gasteiger partial charge in [0.25, 0.3) is 0 Å².